The Bertz CT molecular complexity index is 566. The summed E-state index contributed by atoms with van der Waals surface area (Å²) in [6.45, 7) is 5.43. The van der Waals surface area contributed by atoms with Crippen molar-refractivity contribution in [2.75, 3.05) is 0 Å². The molecule has 1 aliphatic rings. The third kappa shape index (κ3) is 2.66. The Morgan fingerprint density at radius 2 is 1.64 bits per heavy atom. The van der Waals surface area contributed by atoms with E-state index >= 15 is 0 Å². The fourth-order valence-electron chi connectivity index (χ4n) is 3.40. The Hall–Kier alpha value is -2.08. The fourth-order valence-corrected chi connectivity index (χ4v) is 3.40. The Balaban J connectivity index is 2.58. The number of nitrogens with zero attached hydrogens (tertiary/aromatic N) is 1. The van der Waals surface area contributed by atoms with Crippen LogP contribution in [0.2, 0.25) is 0 Å². The van der Waals surface area contributed by atoms with E-state index < -0.39 is 41.6 Å². The lowest BCUT2D eigenvalue weighted by Crippen LogP contribution is -2.46. The largest absolute Gasteiger partial charge is 0.480 e. The van der Waals surface area contributed by atoms with Crippen molar-refractivity contribution in [3.63, 3.8) is 0 Å². The molecule has 0 spiro atoms. The second-order valence-corrected chi connectivity index (χ2v) is 6.71. The summed E-state index contributed by atoms with van der Waals surface area (Å²) in [7, 11) is 0. The topological polar surface area (TPSA) is 98.1 Å². The number of aliphatic carboxylic acids is 1. The van der Waals surface area contributed by atoms with Gasteiger partial charge in [-0.05, 0) is 11.0 Å². The van der Waals surface area contributed by atoms with Crippen LogP contribution >= 0.6 is 0 Å². The van der Waals surface area contributed by atoms with E-state index in [2.05, 4.69) is 0 Å². The molecule has 2 rings (SSSR count). The van der Waals surface area contributed by atoms with E-state index in [1.54, 1.807) is 30.3 Å². The summed E-state index contributed by atoms with van der Waals surface area (Å²) in [5.41, 5.74) is 0.0371. The molecule has 1 fully saturated rings. The van der Waals surface area contributed by atoms with Crippen molar-refractivity contribution in [3.8, 4) is 0 Å². The standard InChI is InChI=1S/C16H21NO5/c1-16(2,3)10-12(14(19)20)17(15(21)22)11(13(10)18)9-7-5-4-6-8-9/h4-8,10-13,18H,1-3H3,(H,19,20)(H,21,22). The first-order chi connectivity index (χ1) is 10.2. The lowest BCUT2D eigenvalue weighted by Gasteiger charge is -2.32. The molecule has 0 aromatic heterocycles. The maximum absolute atomic E-state index is 11.7. The molecular weight excluding hydrogens is 286 g/mol. The molecule has 0 saturated carbocycles. The summed E-state index contributed by atoms with van der Waals surface area (Å²) in [6.07, 6.45) is -2.42. The van der Waals surface area contributed by atoms with E-state index in [0.717, 1.165) is 4.90 Å². The Morgan fingerprint density at radius 3 is 2.05 bits per heavy atom. The molecule has 22 heavy (non-hydrogen) atoms. The van der Waals surface area contributed by atoms with Crippen molar-refractivity contribution in [1.29, 1.82) is 0 Å². The Kier molecular flexibility index (Phi) is 4.15. The average molecular weight is 307 g/mol. The number of carboxylic acids is 1. The van der Waals surface area contributed by atoms with Gasteiger partial charge in [-0.25, -0.2) is 9.59 Å². The van der Waals surface area contributed by atoms with Gasteiger partial charge in [0.05, 0.1) is 12.1 Å². The van der Waals surface area contributed by atoms with Crippen molar-refractivity contribution < 1.29 is 24.9 Å². The Labute approximate surface area is 129 Å². The first kappa shape index (κ1) is 16.3. The van der Waals surface area contributed by atoms with Crippen molar-refractivity contribution in [2.45, 2.75) is 39.0 Å². The minimum atomic E-state index is -1.34. The van der Waals surface area contributed by atoms with Crippen LogP contribution < -0.4 is 0 Å². The van der Waals surface area contributed by atoms with Gasteiger partial charge < -0.3 is 15.3 Å². The number of hydrogen-bond acceptors (Lipinski definition) is 3. The molecular formula is C16H21NO5. The van der Waals surface area contributed by atoms with Crippen LogP contribution in [0.1, 0.15) is 32.4 Å². The number of carbonyl (C=O) groups is 2. The van der Waals surface area contributed by atoms with Gasteiger partial charge in [-0.3, -0.25) is 4.90 Å². The molecule has 0 bridgehead atoms. The minimum Gasteiger partial charge on any atom is -0.480 e. The number of amides is 1. The molecule has 1 amide bonds. The molecule has 120 valence electrons. The summed E-state index contributed by atoms with van der Waals surface area (Å²) < 4.78 is 0. The van der Waals surface area contributed by atoms with E-state index in [0.29, 0.717) is 5.56 Å². The number of aliphatic hydroxyl groups excluding tert-OH is 1. The van der Waals surface area contributed by atoms with Crippen LogP contribution in [0.5, 0.6) is 0 Å². The quantitative estimate of drug-likeness (QED) is 0.778. The van der Waals surface area contributed by atoms with E-state index in [1.807, 2.05) is 20.8 Å². The summed E-state index contributed by atoms with van der Waals surface area (Å²) in [4.78, 5) is 24.2. The first-order valence-electron chi connectivity index (χ1n) is 7.13. The normalized spacial score (nSPS) is 28.6. The number of benzene rings is 1. The summed E-state index contributed by atoms with van der Waals surface area (Å²) in [6, 6.07) is 6.50. The summed E-state index contributed by atoms with van der Waals surface area (Å²) in [5.74, 6) is -1.94. The molecule has 1 aliphatic heterocycles. The number of carboxylic acid groups (broad SMARTS) is 2. The van der Waals surface area contributed by atoms with Crippen LogP contribution in [0, 0.1) is 11.3 Å². The van der Waals surface area contributed by atoms with Gasteiger partial charge in [0.15, 0.2) is 0 Å². The van der Waals surface area contributed by atoms with Crippen LogP contribution in [-0.4, -0.2) is 44.4 Å². The molecule has 0 radical (unpaired) electrons. The van der Waals surface area contributed by atoms with Gasteiger partial charge >= 0.3 is 12.1 Å². The molecule has 1 aromatic carbocycles. The highest BCUT2D eigenvalue weighted by Crippen LogP contribution is 2.47. The zero-order valence-corrected chi connectivity index (χ0v) is 12.8. The van der Waals surface area contributed by atoms with Crippen molar-refractivity contribution in [1.82, 2.24) is 4.90 Å². The second-order valence-electron chi connectivity index (χ2n) is 6.71. The molecule has 1 heterocycles. The molecule has 0 aliphatic carbocycles. The van der Waals surface area contributed by atoms with Crippen LogP contribution in [0.4, 0.5) is 4.79 Å². The highest BCUT2D eigenvalue weighted by atomic mass is 16.4. The number of hydrogen-bond donors (Lipinski definition) is 3. The van der Waals surface area contributed by atoms with Gasteiger partial charge in [0, 0.05) is 5.92 Å². The summed E-state index contributed by atoms with van der Waals surface area (Å²) in [5, 5.41) is 29.8. The Morgan fingerprint density at radius 1 is 1.09 bits per heavy atom. The van der Waals surface area contributed by atoms with E-state index in [4.69, 9.17) is 0 Å². The van der Waals surface area contributed by atoms with Gasteiger partial charge in [0.1, 0.15) is 6.04 Å². The van der Waals surface area contributed by atoms with Gasteiger partial charge in [0.2, 0.25) is 0 Å². The smallest absolute Gasteiger partial charge is 0.408 e. The zero-order chi connectivity index (χ0) is 16.7. The number of likely N-dealkylation sites (tertiary alicyclic amines) is 1. The van der Waals surface area contributed by atoms with E-state index in [-0.39, 0.29) is 0 Å². The van der Waals surface area contributed by atoms with Gasteiger partial charge in [-0.15, -0.1) is 0 Å². The predicted octanol–water partition coefficient (Wildman–Crippen LogP) is 2.20. The van der Waals surface area contributed by atoms with Crippen LogP contribution in [0.3, 0.4) is 0 Å². The lowest BCUT2D eigenvalue weighted by molar-refractivity contribution is -0.145. The van der Waals surface area contributed by atoms with Gasteiger partial charge in [-0.2, -0.15) is 0 Å². The number of aliphatic hydroxyl groups is 1. The van der Waals surface area contributed by atoms with Gasteiger partial charge in [-0.1, -0.05) is 51.1 Å². The van der Waals surface area contributed by atoms with E-state index in [9.17, 15) is 24.9 Å². The fraction of sp³-hybridized carbons (Fsp3) is 0.500. The van der Waals surface area contributed by atoms with E-state index in [1.165, 1.54) is 0 Å². The van der Waals surface area contributed by atoms with Crippen molar-refractivity contribution in [3.05, 3.63) is 35.9 Å². The molecule has 6 nitrogen and oxygen atoms in total. The third-order valence-corrected chi connectivity index (χ3v) is 4.25. The minimum absolute atomic E-state index is 0.556. The van der Waals surface area contributed by atoms with Crippen LogP contribution in [0.25, 0.3) is 0 Å². The molecule has 3 N–H and O–H groups in total. The average Bonchev–Trinajstić information content (AvgIpc) is 2.73. The maximum Gasteiger partial charge on any atom is 0.408 e. The second kappa shape index (κ2) is 5.61. The highest BCUT2D eigenvalue weighted by molar-refractivity contribution is 5.81. The lowest BCUT2D eigenvalue weighted by atomic mass is 9.74. The molecule has 4 unspecified atom stereocenters. The molecule has 1 aromatic rings. The maximum atomic E-state index is 11.7. The highest BCUT2D eigenvalue weighted by Gasteiger charge is 2.57. The monoisotopic (exact) mass is 307 g/mol. The number of rotatable bonds is 2. The third-order valence-electron chi connectivity index (χ3n) is 4.25. The van der Waals surface area contributed by atoms with Crippen molar-refractivity contribution in [2.24, 2.45) is 11.3 Å². The molecule has 4 atom stereocenters. The SMILES string of the molecule is CC(C)(C)C1C(O)C(c2ccccc2)N(C(=O)O)C1C(=O)O. The van der Waals surface area contributed by atoms with Gasteiger partial charge in [0.25, 0.3) is 0 Å². The first-order valence-corrected chi connectivity index (χ1v) is 7.13. The zero-order valence-electron chi connectivity index (χ0n) is 12.8. The summed E-state index contributed by atoms with van der Waals surface area (Å²) >= 11 is 0. The molecule has 1 saturated heterocycles. The van der Waals surface area contributed by atoms with Crippen molar-refractivity contribution >= 4 is 12.1 Å². The van der Waals surface area contributed by atoms with Crippen LogP contribution in [-0.2, 0) is 4.79 Å². The predicted molar refractivity (Wildman–Crippen MR) is 79.4 cm³/mol. The molecule has 6 heteroatoms. The van der Waals surface area contributed by atoms with Crippen LogP contribution in [0.15, 0.2) is 30.3 Å².